The van der Waals surface area contributed by atoms with Gasteiger partial charge in [-0.05, 0) is 18.4 Å². The number of hydrogen-bond donors (Lipinski definition) is 2. The van der Waals surface area contributed by atoms with E-state index in [1.807, 2.05) is 4.90 Å². The molecule has 9 nitrogen and oxygen atoms in total. The van der Waals surface area contributed by atoms with Gasteiger partial charge in [0.15, 0.2) is 5.96 Å². The average Bonchev–Trinajstić information content (AvgIpc) is 3.08. The van der Waals surface area contributed by atoms with E-state index in [1.165, 1.54) is 12.1 Å². The Labute approximate surface area is 182 Å². The Kier molecular flexibility index (Phi) is 11.4. The molecule has 0 radical (unpaired) electrons. The van der Waals surface area contributed by atoms with Crippen molar-refractivity contribution >= 4 is 41.5 Å². The molecular weight excluding hydrogens is 477 g/mol. The minimum Gasteiger partial charge on any atom is -0.383 e. The van der Waals surface area contributed by atoms with Crippen molar-refractivity contribution in [2.24, 2.45) is 4.99 Å². The van der Waals surface area contributed by atoms with Crippen molar-refractivity contribution in [1.82, 2.24) is 15.5 Å². The Morgan fingerprint density at radius 1 is 1.29 bits per heavy atom. The average molecular weight is 505 g/mol. The van der Waals surface area contributed by atoms with Gasteiger partial charge in [0.2, 0.25) is 5.91 Å². The third-order valence-corrected chi connectivity index (χ3v) is 4.23. The van der Waals surface area contributed by atoms with E-state index in [4.69, 9.17) is 4.74 Å². The Morgan fingerprint density at radius 2 is 2.00 bits per heavy atom. The number of halogens is 1. The van der Waals surface area contributed by atoms with Gasteiger partial charge < -0.3 is 20.3 Å². The number of amides is 1. The third-order valence-electron chi connectivity index (χ3n) is 4.23. The summed E-state index contributed by atoms with van der Waals surface area (Å²) in [6, 6.07) is 6.35. The second kappa shape index (κ2) is 13.3. The standard InChI is InChI=1S/C18H27N5O4.HI/c1-27-13-10-20-18(19-9-3-12-22-11-2-4-17(22)24)21-14-15-5-7-16(8-6-15)23(25)26;/h5-8H,2-4,9-14H2,1H3,(H2,19,20,21);1H. The fraction of sp³-hybridized carbons (Fsp3) is 0.556. The lowest BCUT2D eigenvalue weighted by molar-refractivity contribution is -0.384. The van der Waals surface area contributed by atoms with E-state index >= 15 is 0 Å². The van der Waals surface area contributed by atoms with Crippen molar-refractivity contribution in [2.75, 3.05) is 39.9 Å². The minimum absolute atomic E-state index is 0. The second-order valence-electron chi connectivity index (χ2n) is 6.27. The summed E-state index contributed by atoms with van der Waals surface area (Å²) in [7, 11) is 1.63. The van der Waals surface area contributed by atoms with Crippen molar-refractivity contribution in [3.8, 4) is 0 Å². The predicted molar refractivity (Wildman–Crippen MR) is 118 cm³/mol. The van der Waals surface area contributed by atoms with Crippen LogP contribution in [0.1, 0.15) is 24.8 Å². The molecule has 0 atom stereocenters. The number of methoxy groups -OCH3 is 1. The Morgan fingerprint density at radius 3 is 2.61 bits per heavy atom. The molecule has 28 heavy (non-hydrogen) atoms. The van der Waals surface area contributed by atoms with Crippen LogP contribution in [-0.2, 0) is 16.1 Å². The molecule has 1 aromatic carbocycles. The molecule has 1 aliphatic rings. The summed E-state index contributed by atoms with van der Waals surface area (Å²) in [6.07, 6.45) is 2.45. The van der Waals surface area contributed by atoms with Gasteiger partial charge in [0, 0.05) is 51.8 Å². The summed E-state index contributed by atoms with van der Waals surface area (Å²) >= 11 is 0. The monoisotopic (exact) mass is 505 g/mol. The molecule has 0 spiro atoms. The van der Waals surface area contributed by atoms with Crippen molar-refractivity contribution in [1.29, 1.82) is 0 Å². The summed E-state index contributed by atoms with van der Waals surface area (Å²) in [5.41, 5.74) is 0.951. The number of non-ortho nitro benzene ring substituents is 1. The first-order chi connectivity index (χ1) is 13.1. The SMILES string of the molecule is COCCNC(=NCc1ccc([N+](=O)[O-])cc1)NCCCN1CCCC1=O.I. The van der Waals surface area contributed by atoms with Crippen LogP contribution < -0.4 is 10.6 Å². The van der Waals surface area contributed by atoms with Gasteiger partial charge in [-0.25, -0.2) is 4.99 Å². The lowest BCUT2D eigenvalue weighted by Crippen LogP contribution is -2.40. The van der Waals surface area contributed by atoms with Gasteiger partial charge >= 0.3 is 0 Å². The number of carbonyl (C=O) groups excluding carboxylic acids is 1. The lowest BCUT2D eigenvalue weighted by atomic mass is 10.2. The molecule has 1 saturated heterocycles. The highest BCUT2D eigenvalue weighted by atomic mass is 127. The topological polar surface area (TPSA) is 109 Å². The van der Waals surface area contributed by atoms with E-state index in [2.05, 4.69) is 15.6 Å². The first kappa shape index (κ1) is 24.1. The molecule has 2 N–H and O–H groups in total. The van der Waals surface area contributed by atoms with Crippen LogP contribution in [-0.4, -0.2) is 61.6 Å². The van der Waals surface area contributed by atoms with E-state index in [0.29, 0.717) is 38.6 Å². The number of rotatable bonds is 10. The van der Waals surface area contributed by atoms with Crippen LogP contribution in [0.3, 0.4) is 0 Å². The zero-order chi connectivity index (χ0) is 19.5. The molecule has 0 aliphatic carbocycles. The molecule has 0 bridgehead atoms. The first-order valence-corrected chi connectivity index (χ1v) is 9.12. The van der Waals surface area contributed by atoms with Gasteiger partial charge in [0.05, 0.1) is 18.1 Å². The number of nitrogens with zero attached hydrogens (tertiary/aromatic N) is 3. The highest BCUT2D eigenvalue weighted by Gasteiger charge is 2.18. The molecule has 1 amide bonds. The fourth-order valence-electron chi connectivity index (χ4n) is 2.76. The maximum absolute atomic E-state index is 11.6. The van der Waals surface area contributed by atoms with Crippen LogP contribution >= 0.6 is 24.0 Å². The van der Waals surface area contributed by atoms with E-state index in [-0.39, 0.29) is 35.6 Å². The van der Waals surface area contributed by atoms with Crippen LogP contribution in [0.4, 0.5) is 5.69 Å². The van der Waals surface area contributed by atoms with Crippen molar-refractivity contribution < 1.29 is 14.5 Å². The number of nitro groups is 1. The molecule has 1 aliphatic heterocycles. The molecule has 0 saturated carbocycles. The van der Waals surface area contributed by atoms with Crippen molar-refractivity contribution in [3.05, 3.63) is 39.9 Å². The highest BCUT2D eigenvalue weighted by molar-refractivity contribution is 14.0. The number of guanidine groups is 1. The van der Waals surface area contributed by atoms with Gasteiger partial charge in [-0.3, -0.25) is 14.9 Å². The number of nitro benzene ring substituents is 1. The molecular formula is C18H28IN5O4. The largest absolute Gasteiger partial charge is 0.383 e. The van der Waals surface area contributed by atoms with Gasteiger partial charge in [-0.15, -0.1) is 24.0 Å². The van der Waals surface area contributed by atoms with Crippen molar-refractivity contribution in [2.45, 2.75) is 25.8 Å². The summed E-state index contributed by atoms with van der Waals surface area (Å²) in [6.45, 7) is 3.88. The molecule has 10 heteroatoms. The van der Waals surface area contributed by atoms with E-state index in [1.54, 1.807) is 19.2 Å². The van der Waals surface area contributed by atoms with E-state index in [9.17, 15) is 14.9 Å². The summed E-state index contributed by atoms with van der Waals surface area (Å²) in [5.74, 6) is 0.887. The van der Waals surface area contributed by atoms with Crippen molar-refractivity contribution in [3.63, 3.8) is 0 Å². The van der Waals surface area contributed by atoms with Crippen LogP contribution in [0.5, 0.6) is 0 Å². The van der Waals surface area contributed by atoms with Gasteiger partial charge in [0.1, 0.15) is 0 Å². The molecule has 156 valence electrons. The molecule has 0 unspecified atom stereocenters. The van der Waals surface area contributed by atoms with E-state index in [0.717, 1.165) is 31.5 Å². The lowest BCUT2D eigenvalue weighted by Gasteiger charge is -2.16. The van der Waals surface area contributed by atoms with Gasteiger partial charge in [0.25, 0.3) is 5.69 Å². The number of likely N-dealkylation sites (tertiary alicyclic amines) is 1. The van der Waals surface area contributed by atoms with Gasteiger partial charge in [-0.2, -0.15) is 0 Å². The van der Waals surface area contributed by atoms with Crippen LogP contribution in [0, 0.1) is 10.1 Å². The Bertz CT molecular complexity index is 654. The maximum atomic E-state index is 11.6. The number of hydrogen-bond acceptors (Lipinski definition) is 5. The smallest absolute Gasteiger partial charge is 0.269 e. The predicted octanol–water partition coefficient (Wildman–Crippen LogP) is 1.91. The van der Waals surface area contributed by atoms with Crippen LogP contribution in [0.2, 0.25) is 0 Å². The summed E-state index contributed by atoms with van der Waals surface area (Å²) in [4.78, 5) is 28.3. The first-order valence-electron chi connectivity index (χ1n) is 9.12. The van der Waals surface area contributed by atoms with Gasteiger partial charge in [-0.1, -0.05) is 12.1 Å². The number of benzene rings is 1. The number of nitrogens with one attached hydrogen (secondary N) is 2. The van der Waals surface area contributed by atoms with Crippen LogP contribution in [0.25, 0.3) is 0 Å². The van der Waals surface area contributed by atoms with E-state index < -0.39 is 4.92 Å². The summed E-state index contributed by atoms with van der Waals surface area (Å²) in [5, 5.41) is 17.1. The highest BCUT2D eigenvalue weighted by Crippen LogP contribution is 2.12. The zero-order valence-electron chi connectivity index (χ0n) is 16.1. The molecule has 2 rings (SSSR count). The molecule has 0 aromatic heterocycles. The summed E-state index contributed by atoms with van der Waals surface area (Å²) < 4.78 is 5.04. The second-order valence-corrected chi connectivity index (χ2v) is 6.27. The maximum Gasteiger partial charge on any atom is 0.269 e. The minimum atomic E-state index is -0.419. The third kappa shape index (κ3) is 8.38. The molecule has 1 aromatic rings. The number of carbonyl (C=O) groups is 1. The normalized spacial score (nSPS) is 14.0. The number of ether oxygens (including phenoxy) is 1. The number of aliphatic imine (C=N–C) groups is 1. The molecule has 1 heterocycles. The Balaban J connectivity index is 0.00000392. The quantitative estimate of drug-likeness (QED) is 0.126. The Hall–Kier alpha value is -1.95. The fourth-order valence-corrected chi connectivity index (χ4v) is 2.76. The van der Waals surface area contributed by atoms with Crippen LogP contribution in [0.15, 0.2) is 29.3 Å². The zero-order valence-corrected chi connectivity index (χ0v) is 18.4. The molecule has 1 fully saturated rings.